The number of hydrogen-bond acceptors (Lipinski definition) is 2. The molecule has 0 aromatic heterocycles. The van der Waals surface area contributed by atoms with E-state index in [2.05, 4.69) is 19.1 Å². The van der Waals surface area contributed by atoms with Crippen molar-refractivity contribution in [3.8, 4) is 0 Å². The second-order valence-corrected chi connectivity index (χ2v) is 4.81. The highest BCUT2D eigenvalue weighted by Crippen LogP contribution is 2.32. The highest BCUT2D eigenvalue weighted by atomic mass is 16.5. The highest BCUT2D eigenvalue weighted by molar-refractivity contribution is 6.18. The van der Waals surface area contributed by atoms with E-state index in [9.17, 15) is 4.79 Å². The SMILES string of the molecule is CCOC(=O)c1c2ccccc2c(C)c2ccccc12. The van der Waals surface area contributed by atoms with Crippen molar-refractivity contribution in [3.05, 3.63) is 59.7 Å². The van der Waals surface area contributed by atoms with Crippen LogP contribution in [0.5, 0.6) is 0 Å². The predicted octanol–water partition coefficient (Wildman–Crippen LogP) is 4.48. The third-order valence-corrected chi connectivity index (χ3v) is 3.68. The zero-order valence-corrected chi connectivity index (χ0v) is 11.6. The third kappa shape index (κ3) is 1.85. The van der Waals surface area contributed by atoms with Crippen LogP contribution in [0.1, 0.15) is 22.8 Å². The normalized spacial score (nSPS) is 10.9. The van der Waals surface area contributed by atoms with Crippen LogP contribution in [-0.4, -0.2) is 12.6 Å². The molecule has 0 unspecified atom stereocenters. The Morgan fingerprint density at radius 3 is 1.80 bits per heavy atom. The van der Waals surface area contributed by atoms with E-state index >= 15 is 0 Å². The van der Waals surface area contributed by atoms with Crippen molar-refractivity contribution in [1.82, 2.24) is 0 Å². The molecular formula is C18H16O2. The molecule has 2 heteroatoms. The minimum atomic E-state index is -0.250. The van der Waals surface area contributed by atoms with Gasteiger partial charge >= 0.3 is 5.97 Å². The van der Waals surface area contributed by atoms with Crippen molar-refractivity contribution in [2.24, 2.45) is 0 Å². The zero-order chi connectivity index (χ0) is 14.1. The fourth-order valence-electron chi connectivity index (χ4n) is 2.77. The first-order valence-electron chi connectivity index (χ1n) is 6.81. The number of rotatable bonds is 2. The summed E-state index contributed by atoms with van der Waals surface area (Å²) in [4.78, 5) is 12.4. The Bertz CT molecular complexity index is 746. The van der Waals surface area contributed by atoms with Gasteiger partial charge in [0.2, 0.25) is 0 Å². The lowest BCUT2D eigenvalue weighted by atomic mass is 9.92. The van der Waals surface area contributed by atoms with E-state index in [0.717, 1.165) is 21.5 Å². The molecule has 0 atom stereocenters. The van der Waals surface area contributed by atoms with Gasteiger partial charge in [-0.15, -0.1) is 0 Å². The molecule has 0 saturated carbocycles. The van der Waals surface area contributed by atoms with Gasteiger partial charge in [-0.25, -0.2) is 4.79 Å². The van der Waals surface area contributed by atoms with Crippen LogP contribution >= 0.6 is 0 Å². The molecule has 100 valence electrons. The molecule has 0 spiro atoms. The standard InChI is InChI=1S/C18H16O2/c1-3-20-18(19)17-15-10-6-4-8-13(15)12(2)14-9-5-7-11-16(14)17/h4-11H,3H2,1-2H3. The number of esters is 1. The minimum Gasteiger partial charge on any atom is -0.462 e. The number of benzene rings is 3. The summed E-state index contributed by atoms with van der Waals surface area (Å²) in [6.45, 7) is 4.31. The van der Waals surface area contributed by atoms with E-state index in [0.29, 0.717) is 12.2 Å². The van der Waals surface area contributed by atoms with Gasteiger partial charge in [0.15, 0.2) is 0 Å². The van der Waals surface area contributed by atoms with Crippen LogP contribution in [0, 0.1) is 6.92 Å². The van der Waals surface area contributed by atoms with Gasteiger partial charge in [-0.2, -0.15) is 0 Å². The Morgan fingerprint density at radius 2 is 1.35 bits per heavy atom. The first kappa shape index (κ1) is 12.7. The summed E-state index contributed by atoms with van der Waals surface area (Å²) in [6.07, 6.45) is 0. The van der Waals surface area contributed by atoms with Crippen LogP contribution in [0.4, 0.5) is 0 Å². The van der Waals surface area contributed by atoms with Crippen molar-refractivity contribution in [2.45, 2.75) is 13.8 Å². The molecule has 0 heterocycles. The van der Waals surface area contributed by atoms with E-state index in [4.69, 9.17) is 4.74 Å². The van der Waals surface area contributed by atoms with Crippen LogP contribution in [0.3, 0.4) is 0 Å². The van der Waals surface area contributed by atoms with Crippen molar-refractivity contribution in [2.75, 3.05) is 6.61 Å². The minimum absolute atomic E-state index is 0.250. The second kappa shape index (κ2) is 4.97. The number of ether oxygens (including phenoxy) is 1. The topological polar surface area (TPSA) is 26.3 Å². The number of fused-ring (bicyclic) bond motifs is 2. The lowest BCUT2D eigenvalue weighted by molar-refractivity contribution is 0.0531. The van der Waals surface area contributed by atoms with Gasteiger partial charge in [0.1, 0.15) is 0 Å². The van der Waals surface area contributed by atoms with Gasteiger partial charge in [-0.3, -0.25) is 0 Å². The van der Waals surface area contributed by atoms with Crippen LogP contribution < -0.4 is 0 Å². The zero-order valence-electron chi connectivity index (χ0n) is 11.6. The molecule has 3 aromatic carbocycles. The van der Waals surface area contributed by atoms with Gasteiger partial charge < -0.3 is 4.74 Å². The first-order chi connectivity index (χ1) is 9.74. The maximum absolute atomic E-state index is 12.4. The van der Waals surface area contributed by atoms with Crippen LogP contribution in [0.25, 0.3) is 21.5 Å². The van der Waals surface area contributed by atoms with Crippen molar-refractivity contribution in [3.63, 3.8) is 0 Å². The summed E-state index contributed by atoms with van der Waals surface area (Å²) in [5.41, 5.74) is 1.87. The summed E-state index contributed by atoms with van der Waals surface area (Å²) in [7, 11) is 0. The van der Waals surface area contributed by atoms with Crippen molar-refractivity contribution >= 4 is 27.5 Å². The molecule has 0 aliphatic carbocycles. The Hall–Kier alpha value is -2.35. The number of carbonyl (C=O) groups is 1. The van der Waals surface area contributed by atoms with Crippen molar-refractivity contribution < 1.29 is 9.53 Å². The van der Waals surface area contributed by atoms with Gasteiger partial charge in [0.05, 0.1) is 12.2 Å². The van der Waals surface area contributed by atoms with E-state index in [-0.39, 0.29) is 5.97 Å². The maximum atomic E-state index is 12.4. The Morgan fingerprint density at radius 1 is 0.900 bits per heavy atom. The molecule has 3 rings (SSSR count). The monoisotopic (exact) mass is 264 g/mol. The lowest BCUT2D eigenvalue weighted by Crippen LogP contribution is -2.07. The lowest BCUT2D eigenvalue weighted by Gasteiger charge is -2.13. The maximum Gasteiger partial charge on any atom is 0.339 e. The summed E-state index contributed by atoms with van der Waals surface area (Å²) in [6, 6.07) is 16.0. The summed E-state index contributed by atoms with van der Waals surface area (Å²) < 4.78 is 5.25. The van der Waals surface area contributed by atoms with Crippen LogP contribution in [-0.2, 0) is 4.74 Å². The largest absolute Gasteiger partial charge is 0.462 e. The Balaban J connectivity index is 2.49. The highest BCUT2D eigenvalue weighted by Gasteiger charge is 2.17. The Kier molecular flexibility index (Phi) is 3.15. The quantitative estimate of drug-likeness (QED) is 0.504. The third-order valence-electron chi connectivity index (χ3n) is 3.68. The average molecular weight is 264 g/mol. The molecule has 2 nitrogen and oxygen atoms in total. The average Bonchev–Trinajstić information content (AvgIpc) is 2.48. The smallest absolute Gasteiger partial charge is 0.339 e. The summed E-state index contributed by atoms with van der Waals surface area (Å²) in [5.74, 6) is -0.250. The molecule has 0 radical (unpaired) electrons. The number of carbonyl (C=O) groups excluding carboxylic acids is 1. The number of aryl methyl sites for hydroxylation is 1. The van der Waals surface area contributed by atoms with Crippen LogP contribution in [0.2, 0.25) is 0 Å². The fourth-order valence-corrected chi connectivity index (χ4v) is 2.77. The number of hydrogen-bond donors (Lipinski definition) is 0. The van der Waals surface area contributed by atoms with Gasteiger partial charge in [0.25, 0.3) is 0 Å². The molecule has 0 aliphatic rings. The predicted molar refractivity (Wildman–Crippen MR) is 82.1 cm³/mol. The van der Waals surface area contributed by atoms with Gasteiger partial charge in [-0.05, 0) is 41.0 Å². The van der Waals surface area contributed by atoms with E-state index in [1.165, 1.54) is 5.56 Å². The molecule has 0 fully saturated rings. The van der Waals surface area contributed by atoms with Gasteiger partial charge in [0, 0.05) is 0 Å². The van der Waals surface area contributed by atoms with E-state index < -0.39 is 0 Å². The molecular weight excluding hydrogens is 248 g/mol. The molecule has 20 heavy (non-hydrogen) atoms. The van der Waals surface area contributed by atoms with Crippen molar-refractivity contribution in [1.29, 1.82) is 0 Å². The molecule has 0 aliphatic heterocycles. The summed E-state index contributed by atoms with van der Waals surface area (Å²) >= 11 is 0. The second-order valence-electron chi connectivity index (χ2n) is 4.81. The van der Waals surface area contributed by atoms with Gasteiger partial charge in [-0.1, -0.05) is 48.5 Å². The first-order valence-corrected chi connectivity index (χ1v) is 6.81. The molecule has 3 aromatic rings. The molecule has 0 bridgehead atoms. The Labute approximate surface area is 118 Å². The van der Waals surface area contributed by atoms with E-state index in [1.807, 2.05) is 43.3 Å². The molecule has 0 amide bonds. The van der Waals surface area contributed by atoms with Crippen LogP contribution in [0.15, 0.2) is 48.5 Å². The fraction of sp³-hybridized carbons (Fsp3) is 0.167. The van der Waals surface area contributed by atoms with E-state index in [1.54, 1.807) is 0 Å². The molecule has 0 saturated heterocycles. The summed E-state index contributed by atoms with van der Waals surface area (Å²) in [5, 5.41) is 4.13. The molecule has 0 N–H and O–H groups in total.